The monoisotopic (exact) mass is 1840 g/mol. The zero-order chi connectivity index (χ0) is 93.5. The summed E-state index contributed by atoms with van der Waals surface area (Å²) in [6, 6.07) is 0. The van der Waals surface area contributed by atoms with Crippen molar-refractivity contribution in [2.45, 2.75) is 463 Å². The average molecular weight is 1840 g/mol. The maximum atomic E-state index is 13.1. The maximum absolute atomic E-state index is 13.1. The fourth-order valence-corrected chi connectivity index (χ4v) is 15.9. The van der Waals surface area contributed by atoms with E-state index in [1.54, 1.807) is 0 Å². The first-order valence-electron chi connectivity index (χ1n) is 52.1. The molecule has 740 valence electrons. The van der Waals surface area contributed by atoms with Crippen molar-refractivity contribution in [1.82, 2.24) is 0 Å². The van der Waals surface area contributed by atoms with Crippen molar-refractivity contribution in [3.63, 3.8) is 0 Å². The molecule has 0 aromatic rings. The van der Waals surface area contributed by atoms with E-state index in [1.165, 1.54) is 225 Å². The van der Waals surface area contributed by atoms with Gasteiger partial charge in [0.1, 0.15) is 25.4 Å². The lowest BCUT2D eigenvalue weighted by molar-refractivity contribution is -0.161. The van der Waals surface area contributed by atoms with Crippen molar-refractivity contribution < 1.29 is 75.8 Å². The van der Waals surface area contributed by atoms with Crippen LogP contribution in [0.4, 0.5) is 0 Å². The predicted octanol–water partition coefficient (Wildman–Crippen LogP) is 33.1. The lowest BCUT2D eigenvalue weighted by atomic mass is 10.0. The summed E-state index contributed by atoms with van der Waals surface area (Å²) >= 11 is 0. The first kappa shape index (κ1) is 124. The van der Waals surface area contributed by atoms with Crippen LogP contribution in [-0.4, -0.2) is 95.9 Å². The van der Waals surface area contributed by atoms with E-state index in [2.05, 4.69) is 203 Å². The third-order valence-corrected chi connectivity index (χ3v) is 24.0. The second-order valence-corrected chi connectivity index (χ2v) is 37.5. The van der Waals surface area contributed by atoms with Gasteiger partial charge in [-0.1, -0.05) is 447 Å². The molecule has 0 radical (unpaired) electrons. The van der Waals surface area contributed by atoms with Gasteiger partial charge in [0, 0.05) is 19.3 Å². The Morgan fingerprint density at radius 3 is 0.651 bits per heavy atom. The summed E-state index contributed by atoms with van der Waals surface area (Å²) in [5.41, 5.74) is 0. The second kappa shape index (κ2) is 102. The summed E-state index contributed by atoms with van der Waals surface area (Å²) in [5.74, 6) is -1.57. The van der Waals surface area contributed by atoms with E-state index in [0.717, 1.165) is 161 Å². The first-order valence-corrected chi connectivity index (χ1v) is 55.1. The third-order valence-electron chi connectivity index (χ3n) is 22.1. The number of aliphatic hydroxyl groups is 2. The van der Waals surface area contributed by atoms with Crippen LogP contribution in [0.1, 0.15) is 445 Å². The van der Waals surface area contributed by atoms with Crippen LogP contribution in [0.25, 0.3) is 0 Å². The van der Waals surface area contributed by atoms with E-state index in [-0.39, 0.29) is 19.3 Å². The number of aliphatic hydroxyl groups excluding tert-OH is 2. The van der Waals surface area contributed by atoms with Gasteiger partial charge in [-0.05, 0) is 161 Å². The van der Waals surface area contributed by atoms with E-state index >= 15 is 0 Å². The number of ether oxygens (including phenoxy) is 3. The topological polar surface area (TPSA) is 231 Å². The predicted molar refractivity (Wildman–Crippen MR) is 546 cm³/mol. The maximum Gasteiger partial charge on any atom is 0.472 e. The zero-order valence-electron chi connectivity index (χ0n) is 82.0. The lowest BCUT2D eigenvalue weighted by Crippen LogP contribution is -2.30. The molecule has 0 aliphatic rings. The van der Waals surface area contributed by atoms with Gasteiger partial charge in [-0.15, -0.1) is 0 Å². The number of phosphoric acid groups is 2. The first-order chi connectivity index (χ1) is 63.2. The van der Waals surface area contributed by atoms with Crippen LogP contribution in [0, 0.1) is 0 Å². The number of phosphoric ester groups is 2. The van der Waals surface area contributed by atoms with Gasteiger partial charge in [0.15, 0.2) is 6.10 Å². The van der Waals surface area contributed by atoms with Crippen LogP contribution in [0.5, 0.6) is 0 Å². The Labute approximate surface area is 789 Å². The minimum atomic E-state index is -4.95. The summed E-state index contributed by atoms with van der Waals surface area (Å²) in [7, 11) is -9.82. The second-order valence-electron chi connectivity index (χ2n) is 34.6. The van der Waals surface area contributed by atoms with Gasteiger partial charge in [-0.3, -0.25) is 32.5 Å². The van der Waals surface area contributed by atoms with Gasteiger partial charge in [-0.2, -0.15) is 0 Å². The van der Waals surface area contributed by atoms with Gasteiger partial charge < -0.3 is 34.2 Å². The van der Waals surface area contributed by atoms with Crippen LogP contribution in [0.3, 0.4) is 0 Å². The number of unbranched alkanes of at least 4 members (excludes halogenated alkanes) is 45. The highest BCUT2D eigenvalue weighted by Gasteiger charge is 2.30. The van der Waals surface area contributed by atoms with E-state index in [1.807, 2.05) is 0 Å². The molecule has 0 spiro atoms. The summed E-state index contributed by atoms with van der Waals surface area (Å²) in [5, 5.41) is 20.8. The molecule has 0 saturated heterocycles. The minimum absolute atomic E-state index is 0.0943. The number of hydrogen-bond donors (Lipinski definition) is 4. The Morgan fingerprint density at radius 1 is 0.225 bits per heavy atom. The van der Waals surface area contributed by atoms with Crippen LogP contribution in [-0.2, 0) is 55.8 Å². The highest BCUT2D eigenvalue weighted by atomic mass is 31.2. The van der Waals surface area contributed by atoms with Gasteiger partial charge in [0.05, 0.1) is 26.4 Å². The van der Waals surface area contributed by atoms with Crippen molar-refractivity contribution >= 4 is 33.6 Å². The Balaban J connectivity index is 4.57. The molecule has 0 rings (SSSR count). The third kappa shape index (κ3) is 103. The molecule has 0 aromatic carbocycles. The highest BCUT2D eigenvalue weighted by Crippen LogP contribution is 2.45. The molecule has 0 aliphatic carbocycles. The molecule has 0 heterocycles. The molecule has 0 amide bonds. The Hall–Kier alpha value is -5.35. The molecule has 5 unspecified atom stereocenters. The van der Waals surface area contributed by atoms with Gasteiger partial charge >= 0.3 is 33.6 Å². The Bertz CT molecular complexity index is 3080. The van der Waals surface area contributed by atoms with Gasteiger partial charge in [0.2, 0.25) is 0 Å². The average Bonchev–Trinajstić information content (AvgIpc) is 0.895. The molecule has 5 atom stereocenters. The number of esters is 3. The fourth-order valence-electron chi connectivity index (χ4n) is 14.3. The van der Waals surface area contributed by atoms with E-state index in [0.29, 0.717) is 19.3 Å². The summed E-state index contributed by atoms with van der Waals surface area (Å²) in [4.78, 5) is 59.2. The van der Waals surface area contributed by atoms with Crippen LogP contribution < -0.4 is 0 Å². The lowest BCUT2D eigenvalue weighted by Gasteiger charge is -2.21. The molecule has 0 fully saturated rings. The van der Waals surface area contributed by atoms with Crippen LogP contribution in [0.2, 0.25) is 0 Å². The van der Waals surface area contributed by atoms with E-state index in [4.69, 9.17) is 32.3 Å². The highest BCUT2D eigenvalue weighted by molar-refractivity contribution is 7.47. The number of carbonyl (C=O) groups is 3. The molecule has 18 heteroatoms. The molecular formula is C111H190O16P2. The van der Waals surface area contributed by atoms with Crippen molar-refractivity contribution in [3.8, 4) is 0 Å². The fraction of sp³-hybridized carbons (Fsp3) is 0.703. The zero-order valence-corrected chi connectivity index (χ0v) is 83.8. The van der Waals surface area contributed by atoms with Gasteiger partial charge in [-0.25, -0.2) is 9.13 Å². The summed E-state index contributed by atoms with van der Waals surface area (Å²) < 4.78 is 61.7. The standard InChI is InChI=1S/C111H190O16P2/c1-4-7-10-13-16-19-22-25-28-31-34-37-40-43-45-47-49-51-52-54-56-57-59-62-64-67-70-73-76-79-82-85-88-91-94-97-109(114)121-100-106(112)101-123-128(117,118)124-102-107(113)103-125-129(119,120)126-105-108(127-111(116)99-96-93-90-87-84-81-78-75-72-69-66-61-42-39-36-33-30-27-24-21-18-15-12-9-6-3)104-122-110(115)98-95-92-89-86-83-80-77-74-71-68-65-63-60-58-55-53-50-48-46-44-41-38-35-32-29-26-23-20-17-14-11-8-5-2/h7,9-10,12,16-21,25-30,34-39,43-46,49,51,61,66,106-108,112-113H,4-6,8,11,13-15,22-24,31-33,40-42,47-48,50,52-60,62-65,67-105H2,1-3H3,(H,117,118)(H,119,120)/b10-7-,12-9-,19-16-,20-17-,21-18-,28-25-,29-26-,30-27-,37-34-,38-35-,39-36-,45-43-,46-44-,51-49-,66-61-. The molecule has 0 saturated carbocycles. The molecular weight excluding hydrogens is 1650 g/mol. The minimum Gasteiger partial charge on any atom is -0.463 e. The van der Waals surface area contributed by atoms with Crippen molar-refractivity contribution in [1.29, 1.82) is 0 Å². The molecule has 0 aliphatic heterocycles. The largest absolute Gasteiger partial charge is 0.472 e. The van der Waals surface area contributed by atoms with Crippen LogP contribution >= 0.6 is 15.6 Å². The van der Waals surface area contributed by atoms with Gasteiger partial charge in [0.25, 0.3) is 0 Å². The smallest absolute Gasteiger partial charge is 0.463 e. The molecule has 16 nitrogen and oxygen atoms in total. The molecule has 129 heavy (non-hydrogen) atoms. The van der Waals surface area contributed by atoms with Crippen LogP contribution in [0.15, 0.2) is 182 Å². The quantitative estimate of drug-likeness (QED) is 0.0146. The Morgan fingerprint density at radius 2 is 0.411 bits per heavy atom. The van der Waals surface area contributed by atoms with Crippen molar-refractivity contribution in [3.05, 3.63) is 182 Å². The number of allylic oxidation sites excluding steroid dienone is 30. The SMILES string of the molecule is CC/C=C\C/C=C\C/C=C\C/C=C\C/C=C\C/C=C\CCCCCCCCCCCCCCCCCCC(=O)OCC(O)COP(=O)(O)OCC(O)COP(=O)(O)OCC(COC(=O)CCCCCCCCCCCCCCCCCCC/C=C\C/C=C\C/C=C\C/C=C\CCCCC)OC(=O)CCCCCCCCCCC/C=C\C/C=C\C/C=C\C/C=C\C/C=C\CC. The number of rotatable bonds is 98. The number of hydrogen-bond acceptors (Lipinski definition) is 14. The summed E-state index contributed by atoms with van der Waals surface area (Å²) in [6.07, 6.45) is 135. The molecule has 0 aromatic heterocycles. The molecule has 4 N–H and O–H groups in total. The van der Waals surface area contributed by atoms with Crippen molar-refractivity contribution in [2.24, 2.45) is 0 Å². The molecule has 0 bridgehead atoms. The normalized spacial score (nSPS) is 14.4. The Kier molecular flexibility index (Phi) is 97.4. The van der Waals surface area contributed by atoms with Crippen molar-refractivity contribution in [2.75, 3.05) is 39.6 Å². The van der Waals surface area contributed by atoms with E-state index < -0.39 is 91.5 Å². The number of carbonyl (C=O) groups excluding carboxylic acids is 3. The summed E-state index contributed by atoms with van der Waals surface area (Å²) in [6.45, 7) is 2.49. The van der Waals surface area contributed by atoms with E-state index in [9.17, 15) is 43.5 Å².